The minimum atomic E-state index is -0.0863. The summed E-state index contributed by atoms with van der Waals surface area (Å²) in [7, 11) is 1.88. The summed E-state index contributed by atoms with van der Waals surface area (Å²) in [5.74, 6) is -0.108. The minimum Gasteiger partial charge on any atom is -0.466 e. The van der Waals surface area contributed by atoms with Gasteiger partial charge < -0.3 is 9.30 Å². The number of rotatable bonds is 4. The van der Waals surface area contributed by atoms with Gasteiger partial charge in [-0.15, -0.1) is 0 Å². The average molecular weight is 284 g/mol. The third-order valence-corrected chi connectivity index (χ3v) is 3.84. The third-order valence-electron chi connectivity index (χ3n) is 3.35. The lowest BCUT2D eigenvalue weighted by molar-refractivity contribution is -0.150. The molecule has 1 aliphatic rings. The van der Waals surface area contributed by atoms with Crippen LogP contribution in [0.5, 0.6) is 0 Å². The van der Waals surface area contributed by atoms with Crippen molar-refractivity contribution in [2.75, 3.05) is 19.7 Å². The van der Waals surface area contributed by atoms with Crippen molar-refractivity contribution in [3.63, 3.8) is 0 Å². The summed E-state index contributed by atoms with van der Waals surface area (Å²) in [6, 6.07) is 0. The van der Waals surface area contributed by atoms with Crippen molar-refractivity contribution < 1.29 is 9.53 Å². The van der Waals surface area contributed by atoms with E-state index in [1.807, 2.05) is 18.5 Å². The van der Waals surface area contributed by atoms with Gasteiger partial charge in [0.15, 0.2) is 4.77 Å². The third kappa shape index (κ3) is 3.42. The maximum Gasteiger partial charge on any atom is 0.310 e. The highest BCUT2D eigenvalue weighted by Gasteiger charge is 2.27. The van der Waals surface area contributed by atoms with Gasteiger partial charge in [0.1, 0.15) is 6.33 Å². The van der Waals surface area contributed by atoms with Gasteiger partial charge in [-0.2, -0.15) is 5.10 Å². The molecule has 1 saturated heterocycles. The van der Waals surface area contributed by atoms with E-state index in [0.717, 1.165) is 25.9 Å². The van der Waals surface area contributed by atoms with Crippen LogP contribution in [-0.4, -0.2) is 44.9 Å². The highest BCUT2D eigenvalue weighted by molar-refractivity contribution is 7.71. The topological polar surface area (TPSA) is 52.3 Å². The van der Waals surface area contributed by atoms with E-state index in [2.05, 4.69) is 10.00 Å². The highest BCUT2D eigenvalue weighted by Crippen LogP contribution is 2.18. The van der Waals surface area contributed by atoms with Crippen molar-refractivity contribution >= 4 is 18.2 Å². The molecule has 6 nitrogen and oxygen atoms in total. The molecule has 1 aromatic heterocycles. The maximum absolute atomic E-state index is 11.8. The van der Waals surface area contributed by atoms with Crippen molar-refractivity contribution in [3.8, 4) is 0 Å². The molecular weight excluding hydrogens is 264 g/mol. The van der Waals surface area contributed by atoms with Gasteiger partial charge in [0, 0.05) is 13.6 Å². The predicted molar refractivity (Wildman–Crippen MR) is 73.0 cm³/mol. The first-order chi connectivity index (χ1) is 9.11. The SMILES string of the molecule is CCOC(=O)C1CCCN(Cn2ncn(C)c2=S)C1. The molecule has 2 heterocycles. The van der Waals surface area contributed by atoms with Crippen LogP contribution in [-0.2, 0) is 23.2 Å². The molecule has 0 aromatic carbocycles. The highest BCUT2D eigenvalue weighted by atomic mass is 32.1. The van der Waals surface area contributed by atoms with Crippen LogP contribution in [0.3, 0.4) is 0 Å². The second-order valence-electron chi connectivity index (χ2n) is 4.83. The summed E-state index contributed by atoms with van der Waals surface area (Å²) in [6.07, 6.45) is 3.61. The lowest BCUT2D eigenvalue weighted by Crippen LogP contribution is -2.40. The molecule has 2 rings (SSSR count). The maximum atomic E-state index is 11.8. The fraction of sp³-hybridized carbons (Fsp3) is 0.750. The van der Waals surface area contributed by atoms with Gasteiger partial charge in [-0.05, 0) is 38.5 Å². The smallest absolute Gasteiger partial charge is 0.310 e. The van der Waals surface area contributed by atoms with E-state index in [4.69, 9.17) is 17.0 Å². The zero-order chi connectivity index (χ0) is 13.8. The Morgan fingerprint density at radius 1 is 1.63 bits per heavy atom. The summed E-state index contributed by atoms with van der Waals surface area (Å²) in [5, 5.41) is 4.23. The molecule has 106 valence electrons. The van der Waals surface area contributed by atoms with Gasteiger partial charge in [-0.3, -0.25) is 9.69 Å². The number of carbonyl (C=O) groups excluding carboxylic acids is 1. The first kappa shape index (κ1) is 14.2. The zero-order valence-corrected chi connectivity index (χ0v) is 12.2. The van der Waals surface area contributed by atoms with Crippen molar-refractivity contribution in [2.24, 2.45) is 13.0 Å². The Hall–Kier alpha value is -1.21. The van der Waals surface area contributed by atoms with Gasteiger partial charge in [0.2, 0.25) is 0 Å². The molecule has 7 heteroatoms. The van der Waals surface area contributed by atoms with E-state index in [0.29, 0.717) is 18.0 Å². The summed E-state index contributed by atoms with van der Waals surface area (Å²) < 4.78 is 9.38. The second-order valence-corrected chi connectivity index (χ2v) is 5.20. The van der Waals surface area contributed by atoms with Gasteiger partial charge in [-0.25, -0.2) is 4.68 Å². The van der Waals surface area contributed by atoms with Crippen LogP contribution in [0.25, 0.3) is 0 Å². The van der Waals surface area contributed by atoms with E-state index < -0.39 is 0 Å². The van der Waals surface area contributed by atoms with Crippen molar-refractivity contribution in [1.82, 2.24) is 19.2 Å². The molecule has 0 bridgehead atoms. The van der Waals surface area contributed by atoms with Crippen LogP contribution >= 0.6 is 12.2 Å². The van der Waals surface area contributed by atoms with Crippen molar-refractivity contribution in [3.05, 3.63) is 11.1 Å². The predicted octanol–water partition coefficient (Wildman–Crippen LogP) is 1.18. The molecule has 1 fully saturated rings. The number of esters is 1. The van der Waals surface area contributed by atoms with Gasteiger partial charge in [-0.1, -0.05) is 0 Å². The number of ether oxygens (including phenoxy) is 1. The fourth-order valence-corrected chi connectivity index (χ4v) is 2.50. The second kappa shape index (κ2) is 6.29. The average Bonchev–Trinajstić information content (AvgIpc) is 2.71. The Balaban J connectivity index is 1.96. The number of hydrogen-bond donors (Lipinski definition) is 0. The molecule has 0 spiro atoms. The molecule has 0 amide bonds. The first-order valence-electron chi connectivity index (χ1n) is 6.59. The Kier molecular flexibility index (Phi) is 4.71. The molecule has 1 aliphatic heterocycles. The van der Waals surface area contributed by atoms with Gasteiger partial charge in [0.05, 0.1) is 19.2 Å². The van der Waals surface area contributed by atoms with E-state index in [-0.39, 0.29) is 11.9 Å². The standard InChI is InChI=1S/C12H20N4O2S/c1-3-18-11(17)10-5-4-6-15(7-10)9-16-12(19)14(2)8-13-16/h8,10H,3-7,9H2,1-2H3. The largest absolute Gasteiger partial charge is 0.466 e. The van der Waals surface area contributed by atoms with Crippen molar-refractivity contribution in [2.45, 2.75) is 26.4 Å². The van der Waals surface area contributed by atoms with Crippen LogP contribution in [0.1, 0.15) is 19.8 Å². The van der Waals surface area contributed by atoms with Gasteiger partial charge >= 0.3 is 5.97 Å². The monoisotopic (exact) mass is 284 g/mol. The Bertz CT molecular complexity index is 496. The molecule has 19 heavy (non-hydrogen) atoms. The fourth-order valence-electron chi connectivity index (χ4n) is 2.34. The number of likely N-dealkylation sites (tertiary alicyclic amines) is 1. The van der Waals surface area contributed by atoms with Gasteiger partial charge in [0.25, 0.3) is 0 Å². The van der Waals surface area contributed by atoms with Crippen molar-refractivity contribution in [1.29, 1.82) is 0 Å². The summed E-state index contributed by atoms with van der Waals surface area (Å²) in [5.41, 5.74) is 0. The lowest BCUT2D eigenvalue weighted by Gasteiger charge is -2.31. The molecule has 1 unspecified atom stereocenters. The summed E-state index contributed by atoms with van der Waals surface area (Å²) in [4.78, 5) is 14.0. The Morgan fingerprint density at radius 2 is 2.42 bits per heavy atom. The van der Waals surface area contributed by atoms with Crippen LogP contribution in [0.4, 0.5) is 0 Å². The molecule has 0 aliphatic carbocycles. The number of piperidine rings is 1. The Labute approximate surface area is 118 Å². The quantitative estimate of drug-likeness (QED) is 0.614. The number of aromatic nitrogens is 3. The van der Waals surface area contributed by atoms with Crippen LogP contribution in [0.2, 0.25) is 0 Å². The van der Waals surface area contributed by atoms with Crippen LogP contribution in [0, 0.1) is 10.7 Å². The number of aryl methyl sites for hydroxylation is 1. The van der Waals surface area contributed by atoms with Crippen LogP contribution < -0.4 is 0 Å². The minimum absolute atomic E-state index is 0.0217. The van der Waals surface area contributed by atoms with E-state index >= 15 is 0 Å². The number of hydrogen-bond acceptors (Lipinski definition) is 5. The van der Waals surface area contributed by atoms with Crippen LogP contribution in [0.15, 0.2) is 6.33 Å². The summed E-state index contributed by atoms with van der Waals surface area (Å²) in [6.45, 7) is 4.60. The lowest BCUT2D eigenvalue weighted by atomic mass is 9.99. The normalized spacial score (nSPS) is 20.4. The first-order valence-corrected chi connectivity index (χ1v) is 7.00. The Morgan fingerprint density at radius 3 is 3.05 bits per heavy atom. The molecule has 0 saturated carbocycles. The zero-order valence-electron chi connectivity index (χ0n) is 11.4. The van der Waals surface area contributed by atoms with E-state index in [9.17, 15) is 4.79 Å². The molecule has 1 atom stereocenters. The molecular formula is C12H20N4O2S. The molecule has 0 N–H and O–H groups in total. The van der Waals surface area contributed by atoms with E-state index in [1.165, 1.54) is 0 Å². The summed E-state index contributed by atoms with van der Waals surface area (Å²) >= 11 is 5.26. The number of nitrogens with zero attached hydrogens (tertiary/aromatic N) is 4. The van der Waals surface area contributed by atoms with E-state index in [1.54, 1.807) is 11.0 Å². The molecule has 1 aromatic rings. The number of carbonyl (C=O) groups is 1. The molecule has 0 radical (unpaired) electrons.